The fourth-order valence-corrected chi connectivity index (χ4v) is 3.42. The molecule has 20 heavy (non-hydrogen) atoms. The first-order valence-corrected chi connectivity index (χ1v) is 7.50. The smallest absolute Gasteiger partial charge is 0.244 e. The molecule has 4 heteroatoms. The van der Waals surface area contributed by atoms with Gasteiger partial charge in [0.1, 0.15) is 6.04 Å². The van der Waals surface area contributed by atoms with Crippen LogP contribution in [0.4, 0.5) is 0 Å². The molecular formula is C16H23N3O. The topological polar surface area (TPSA) is 58.4 Å². The van der Waals surface area contributed by atoms with Crippen LogP contribution in [0.1, 0.15) is 30.9 Å². The summed E-state index contributed by atoms with van der Waals surface area (Å²) in [6, 6.07) is 9.13. The summed E-state index contributed by atoms with van der Waals surface area (Å²) in [6.07, 6.45) is 3.46. The first-order valence-electron chi connectivity index (χ1n) is 7.50. The highest BCUT2D eigenvalue weighted by Crippen LogP contribution is 2.37. The number of nitrogens with zero attached hydrogens (tertiary/aromatic N) is 1. The van der Waals surface area contributed by atoms with Gasteiger partial charge in [-0.25, -0.2) is 0 Å². The zero-order valence-corrected chi connectivity index (χ0v) is 11.8. The van der Waals surface area contributed by atoms with Crippen molar-refractivity contribution in [2.24, 2.45) is 11.1 Å². The van der Waals surface area contributed by atoms with Gasteiger partial charge in [-0.2, -0.15) is 0 Å². The second-order valence-corrected chi connectivity index (χ2v) is 6.14. The molecule has 0 saturated carbocycles. The molecule has 4 nitrogen and oxygen atoms in total. The van der Waals surface area contributed by atoms with Crippen molar-refractivity contribution in [3.8, 4) is 0 Å². The average Bonchev–Trinajstić information content (AvgIpc) is 2.96. The number of likely N-dealkylation sites (tertiary alicyclic amines) is 1. The van der Waals surface area contributed by atoms with Gasteiger partial charge in [-0.15, -0.1) is 0 Å². The van der Waals surface area contributed by atoms with Gasteiger partial charge in [0.15, 0.2) is 0 Å². The third kappa shape index (κ3) is 2.58. The molecule has 0 aliphatic carbocycles. The van der Waals surface area contributed by atoms with Crippen LogP contribution in [-0.2, 0) is 4.79 Å². The Kier molecular flexibility index (Phi) is 3.76. The zero-order valence-electron chi connectivity index (χ0n) is 11.8. The third-order valence-electron chi connectivity index (χ3n) is 4.89. The Hall–Kier alpha value is -1.39. The molecule has 2 saturated heterocycles. The van der Waals surface area contributed by atoms with E-state index in [1.807, 2.05) is 35.2 Å². The van der Waals surface area contributed by atoms with Gasteiger partial charge in [0.2, 0.25) is 5.91 Å². The predicted molar refractivity (Wildman–Crippen MR) is 79.1 cm³/mol. The zero-order chi connectivity index (χ0) is 14.0. The van der Waals surface area contributed by atoms with Crippen molar-refractivity contribution in [3.05, 3.63) is 35.9 Å². The van der Waals surface area contributed by atoms with Crippen molar-refractivity contribution in [2.75, 3.05) is 26.2 Å². The summed E-state index contributed by atoms with van der Waals surface area (Å²) in [5, 5.41) is 3.45. The summed E-state index contributed by atoms with van der Waals surface area (Å²) in [6.45, 7) is 3.93. The molecule has 2 aliphatic heterocycles. The monoisotopic (exact) mass is 273 g/mol. The van der Waals surface area contributed by atoms with E-state index in [1.165, 1.54) is 6.42 Å². The lowest BCUT2D eigenvalue weighted by Crippen LogP contribution is -2.47. The van der Waals surface area contributed by atoms with Gasteiger partial charge in [-0.3, -0.25) is 4.79 Å². The van der Waals surface area contributed by atoms with Crippen LogP contribution in [0.3, 0.4) is 0 Å². The van der Waals surface area contributed by atoms with Crippen LogP contribution >= 0.6 is 0 Å². The highest BCUT2D eigenvalue weighted by Gasteiger charge is 2.38. The summed E-state index contributed by atoms with van der Waals surface area (Å²) in [7, 11) is 0. The Labute approximate surface area is 120 Å². The highest BCUT2D eigenvalue weighted by atomic mass is 16.2. The largest absolute Gasteiger partial charge is 0.341 e. The van der Waals surface area contributed by atoms with E-state index in [4.69, 9.17) is 5.73 Å². The summed E-state index contributed by atoms with van der Waals surface area (Å²) in [5.41, 5.74) is 7.45. The number of nitrogens with two attached hydrogens (primary N) is 1. The summed E-state index contributed by atoms with van der Waals surface area (Å²) >= 11 is 0. The number of hydrogen-bond donors (Lipinski definition) is 2. The molecule has 2 heterocycles. The quantitative estimate of drug-likeness (QED) is 0.853. The lowest BCUT2D eigenvalue weighted by molar-refractivity contribution is -0.134. The van der Waals surface area contributed by atoms with Crippen LogP contribution in [-0.4, -0.2) is 37.0 Å². The van der Waals surface area contributed by atoms with E-state index in [9.17, 15) is 4.79 Å². The Morgan fingerprint density at radius 3 is 2.50 bits per heavy atom. The fourth-order valence-electron chi connectivity index (χ4n) is 3.42. The van der Waals surface area contributed by atoms with E-state index >= 15 is 0 Å². The molecule has 0 aromatic heterocycles. The molecule has 1 spiro atoms. The Bertz CT molecular complexity index is 458. The molecule has 1 atom stereocenters. The molecule has 1 aromatic carbocycles. The van der Waals surface area contributed by atoms with Crippen molar-refractivity contribution >= 4 is 5.91 Å². The van der Waals surface area contributed by atoms with Crippen LogP contribution < -0.4 is 11.1 Å². The second-order valence-electron chi connectivity index (χ2n) is 6.14. The van der Waals surface area contributed by atoms with Crippen LogP contribution in [0.15, 0.2) is 30.3 Å². The number of piperidine rings is 1. The molecular weight excluding hydrogens is 250 g/mol. The van der Waals surface area contributed by atoms with E-state index in [0.29, 0.717) is 5.41 Å². The predicted octanol–water partition coefficient (Wildman–Crippen LogP) is 1.29. The first kappa shape index (κ1) is 13.6. The van der Waals surface area contributed by atoms with Crippen LogP contribution in [0.2, 0.25) is 0 Å². The Morgan fingerprint density at radius 1 is 1.20 bits per heavy atom. The maximum Gasteiger partial charge on any atom is 0.244 e. The Morgan fingerprint density at radius 2 is 1.90 bits per heavy atom. The molecule has 2 aliphatic rings. The number of benzene rings is 1. The van der Waals surface area contributed by atoms with Gasteiger partial charge in [0.05, 0.1) is 0 Å². The molecule has 3 N–H and O–H groups in total. The maximum atomic E-state index is 12.5. The molecule has 3 rings (SSSR count). The van der Waals surface area contributed by atoms with Gasteiger partial charge < -0.3 is 16.0 Å². The molecule has 1 unspecified atom stereocenters. The van der Waals surface area contributed by atoms with Crippen LogP contribution in [0, 0.1) is 5.41 Å². The number of nitrogens with one attached hydrogen (secondary N) is 1. The van der Waals surface area contributed by atoms with E-state index in [-0.39, 0.29) is 5.91 Å². The standard InChI is InChI=1S/C16H23N3O/c17-14(13-4-2-1-3-5-13)15(20)19-10-7-16(8-11-19)6-9-18-12-16/h1-5,14,18H,6-12,17H2. The lowest BCUT2D eigenvalue weighted by Gasteiger charge is -2.39. The minimum Gasteiger partial charge on any atom is -0.341 e. The van der Waals surface area contributed by atoms with Crippen molar-refractivity contribution in [3.63, 3.8) is 0 Å². The van der Waals surface area contributed by atoms with Crippen LogP contribution in [0.25, 0.3) is 0 Å². The van der Waals surface area contributed by atoms with E-state index in [2.05, 4.69) is 5.32 Å². The fraction of sp³-hybridized carbons (Fsp3) is 0.562. The number of rotatable bonds is 2. The van der Waals surface area contributed by atoms with E-state index in [1.54, 1.807) is 0 Å². The van der Waals surface area contributed by atoms with Gasteiger partial charge in [-0.1, -0.05) is 30.3 Å². The molecule has 1 amide bonds. The summed E-state index contributed by atoms with van der Waals surface area (Å²) < 4.78 is 0. The highest BCUT2D eigenvalue weighted by molar-refractivity contribution is 5.83. The number of carbonyl (C=O) groups excluding carboxylic acids is 1. The SMILES string of the molecule is NC(C(=O)N1CCC2(CCNC2)CC1)c1ccccc1. The number of amides is 1. The normalized spacial score (nSPS) is 22.9. The van der Waals surface area contributed by atoms with Gasteiger partial charge in [0.25, 0.3) is 0 Å². The first-order chi connectivity index (χ1) is 9.70. The van der Waals surface area contributed by atoms with E-state index in [0.717, 1.165) is 44.6 Å². The minimum absolute atomic E-state index is 0.0667. The van der Waals surface area contributed by atoms with Gasteiger partial charge >= 0.3 is 0 Å². The summed E-state index contributed by atoms with van der Waals surface area (Å²) in [5.74, 6) is 0.0667. The minimum atomic E-state index is -0.521. The maximum absolute atomic E-state index is 12.5. The Balaban J connectivity index is 1.61. The second kappa shape index (κ2) is 5.54. The molecule has 108 valence electrons. The summed E-state index contributed by atoms with van der Waals surface area (Å²) in [4.78, 5) is 14.4. The number of hydrogen-bond acceptors (Lipinski definition) is 3. The van der Waals surface area contributed by atoms with Crippen molar-refractivity contribution in [1.29, 1.82) is 0 Å². The molecule has 2 fully saturated rings. The third-order valence-corrected chi connectivity index (χ3v) is 4.89. The van der Waals surface area contributed by atoms with Crippen molar-refractivity contribution < 1.29 is 4.79 Å². The van der Waals surface area contributed by atoms with Gasteiger partial charge in [-0.05, 0) is 36.8 Å². The number of carbonyl (C=O) groups is 1. The lowest BCUT2D eigenvalue weighted by atomic mass is 9.77. The molecule has 0 radical (unpaired) electrons. The van der Waals surface area contributed by atoms with Crippen molar-refractivity contribution in [2.45, 2.75) is 25.3 Å². The van der Waals surface area contributed by atoms with Gasteiger partial charge in [0, 0.05) is 19.6 Å². The van der Waals surface area contributed by atoms with E-state index < -0.39 is 6.04 Å². The average molecular weight is 273 g/mol. The van der Waals surface area contributed by atoms with Crippen LogP contribution in [0.5, 0.6) is 0 Å². The van der Waals surface area contributed by atoms with Crippen molar-refractivity contribution in [1.82, 2.24) is 10.2 Å². The molecule has 1 aromatic rings. The molecule has 0 bridgehead atoms.